The summed E-state index contributed by atoms with van der Waals surface area (Å²) in [5.74, 6) is -0.401. The van der Waals surface area contributed by atoms with Crippen molar-refractivity contribution in [1.29, 1.82) is 0 Å². The van der Waals surface area contributed by atoms with Crippen molar-refractivity contribution in [3.8, 4) is 5.75 Å². The number of hydrogen-bond acceptors (Lipinski definition) is 7. The monoisotopic (exact) mass is 432 g/mol. The molecule has 0 N–H and O–H groups in total. The number of rotatable bonds is 6. The molecule has 10 heteroatoms. The zero-order chi connectivity index (χ0) is 20.5. The molecule has 2 heterocycles. The minimum atomic E-state index is -0.699. The Morgan fingerprint density at radius 1 is 1.21 bits per heavy atom. The molecule has 2 aliphatic rings. The molecule has 2 aliphatic heterocycles. The number of esters is 1. The lowest BCUT2D eigenvalue weighted by molar-refractivity contribution is -0.384. The average molecular weight is 433 g/mol. The summed E-state index contributed by atoms with van der Waals surface area (Å²) in [6.07, 6.45) is 0.317. The van der Waals surface area contributed by atoms with Crippen molar-refractivity contribution in [2.24, 2.45) is 0 Å². The summed E-state index contributed by atoms with van der Waals surface area (Å²) < 4.78 is 11.1. The standard InChI is InChI=1S/C19H13ClN2O6S/c20-12-3-7-14(8-4-12)28-19-17(21-15(23)9-16(21)29-19)18(24)27-10-11-1-5-13(6-2-11)22(25)26/h1-8,16H,9-10H2. The van der Waals surface area contributed by atoms with Gasteiger partial charge in [-0.15, -0.1) is 0 Å². The molecule has 4 rings (SSSR count). The van der Waals surface area contributed by atoms with E-state index in [9.17, 15) is 19.7 Å². The van der Waals surface area contributed by atoms with Crippen LogP contribution in [0.4, 0.5) is 5.69 Å². The quantitative estimate of drug-likeness (QED) is 0.296. The van der Waals surface area contributed by atoms with Gasteiger partial charge in [-0.1, -0.05) is 23.4 Å². The Balaban J connectivity index is 1.50. The molecule has 0 saturated carbocycles. The van der Waals surface area contributed by atoms with Crippen LogP contribution in [0.2, 0.25) is 5.02 Å². The molecule has 1 atom stereocenters. The Bertz CT molecular complexity index is 1020. The van der Waals surface area contributed by atoms with E-state index in [2.05, 4.69) is 0 Å². The second kappa shape index (κ2) is 7.76. The number of nitrogens with zero attached hydrogens (tertiary/aromatic N) is 2. The smallest absolute Gasteiger partial charge is 0.359 e. The zero-order valence-electron chi connectivity index (χ0n) is 14.7. The number of carbonyl (C=O) groups excluding carboxylic acids is 2. The predicted octanol–water partition coefficient (Wildman–Crippen LogP) is 3.84. The van der Waals surface area contributed by atoms with E-state index >= 15 is 0 Å². The Morgan fingerprint density at radius 3 is 2.52 bits per heavy atom. The molecule has 148 valence electrons. The van der Waals surface area contributed by atoms with Crippen LogP contribution >= 0.6 is 23.4 Å². The highest BCUT2D eigenvalue weighted by Crippen LogP contribution is 2.47. The van der Waals surface area contributed by atoms with E-state index < -0.39 is 10.9 Å². The van der Waals surface area contributed by atoms with Crippen LogP contribution in [-0.4, -0.2) is 27.1 Å². The van der Waals surface area contributed by atoms with Gasteiger partial charge in [-0.25, -0.2) is 4.79 Å². The van der Waals surface area contributed by atoms with Crippen molar-refractivity contribution >= 4 is 40.9 Å². The minimum Gasteiger partial charge on any atom is -0.456 e. The number of nitro benzene ring substituents is 1. The fraction of sp³-hybridized carbons (Fsp3) is 0.158. The number of benzene rings is 2. The molecule has 1 amide bonds. The molecule has 2 aromatic rings. The topological polar surface area (TPSA) is 99.0 Å². The van der Waals surface area contributed by atoms with Crippen molar-refractivity contribution in [2.45, 2.75) is 18.4 Å². The summed E-state index contributed by atoms with van der Waals surface area (Å²) >= 11 is 7.15. The first-order valence-corrected chi connectivity index (χ1v) is 9.75. The Morgan fingerprint density at radius 2 is 1.90 bits per heavy atom. The number of ether oxygens (including phenoxy) is 2. The molecule has 0 spiro atoms. The van der Waals surface area contributed by atoms with Crippen molar-refractivity contribution in [3.63, 3.8) is 0 Å². The van der Waals surface area contributed by atoms with E-state index in [0.717, 1.165) is 0 Å². The van der Waals surface area contributed by atoms with Crippen molar-refractivity contribution in [3.05, 3.63) is 80.0 Å². The van der Waals surface area contributed by atoms with Crippen LogP contribution in [0.25, 0.3) is 0 Å². The molecule has 0 aliphatic carbocycles. The molecule has 1 fully saturated rings. The van der Waals surface area contributed by atoms with Crippen LogP contribution in [0.3, 0.4) is 0 Å². The summed E-state index contributed by atoms with van der Waals surface area (Å²) in [6, 6.07) is 12.3. The number of non-ortho nitro benzene ring substituents is 1. The highest BCUT2D eigenvalue weighted by atomic mass is 35.5. The molecular formula is C19H13ClN2O6S. The van der Waals surface area contributed by atoms with Crippen molar-refractivity contribution in [1.82, 2.24) is 4.90 Å². The van der Waals surface area contributed by atoms with Gasteiger partial charge in [0.15, 0.2) is 10.8 Å². The largest absolute Gasteiger partial charge is 0.456 e. The summed E-state index contributed by atoms with van der Waals surface area (Å²) in [5.41, 5.74) is 0.595. The normalized spacial score (nSPS) is 17.6. The van der Waals surface area contributed by atoms with Crippen molar-refractivity contribution < 1.29 is 24.0 Å². The zero-order valence-corrected chi connectivity index (χ0v) is 16.3. The first-order chi connectivity index (χ1) is 13.9. The van der Waals surface area contributed by atoms with Crippen LogP contribution in [0.15, 0.2) is 59.3 Å². The Hall–Kier alpha value is -3.04. The van der Waals surface area contributed by atoms with Crippen LogP contribution in [-0.2, 0) is 20.9 Å². The summed E-state index contributed by atoms with van der Waals surface area (Å²) in [5, 5.41) is 11.4. The van der Waals surface area contributed by atoms with Gasteiger partial charge < -0.3 is 9.47 Å². The highest BCUT2D eigenvalue weighted by molar-refractivity contribution is 8.03. The second-order valence-corrected chi connectivity index (χ2v) is 7.82. The van der Waals surface area contributed by atoms with Crippen LogP contribution in [0, 0.1) is 10.1 Å². The Labute approximate surface area is 174 Å². The minimum absolute atomic E-state index is 0.0531. The maximum Gasteiger partial charge on any atom is 0.359 e. The maximum absolute atomic E-state index is 12.7. The van der Waals surface area contributed by atoms with Gasteiger partial charge in [-0.05, 0) is 42.0 Å². The number of β-lactam (4-membered cyclic amide) rings is 1. The first kappa shape index (κ1) is 19.3. The molecule has 0 bridgehead atoms. The summed E-state index contributed by atoms with van der Waals surface area (Å²) in [4.78, 5) is 36.2. The van der Waals surface area contributed by atoms with Gasteiger partial charge in [0.05, 0.1) is 16.7 Å². The van der Waals surface area contributed by atoms with Crippen LogP contribution in [0.1, 0.15) is 12.0 Å². The van der Waals surface area contributed by atoms with Gasteiger partial charge in [0.25, 0.3) is 5.69 Å². The Kier molecular flexibility index (Phi) is 5.16. The van der Waals surface area contributed by atoms with Crippen LogP contribution < -0.4 is 4.74 Å². The lowest BCUT2D eigenvalue weighted by atomic mass is 10.2. The van der Waals surface area contributed by atoms with E-state index in [-0.39, 0.29) is 34.4 Å². The fourth-order valence-corrected chi connectivity index (χ4v) is 4.19. The van der Waals surface area contributed by atoms with E-state index in [0.29, 0.717) is 22.8 Å². The number of hydrogen-bond donors (Lipinski definition) is 0. The van der Waals surface area contributed by atoms with Gasteiger partial charge in [0.1, 0.15) is 12.4 Å². The third kappa shape index (κ3) is 3.92. The highest BCUT2D eigenvalue weighted by Gasteiger charge is 2.50. The van der Waals surface area contributed by atoms with Crippen LogP contribution in [0.5, 0.6) is 5.75 Å². The van der Waals surface area contributed by atoms with Crippen molar-refractivity contribution in [2.75, 3.05) is 0 Å². The summed E-state index contributed by atoms with van der Waals surface area (Å²) in [6.45, 7) is -0.0914. The van der Waals surface area contributed by atoms with Gasteiger partial charge in [0, 0.05) is 17.2 Å². The molecule has 8 nitrogen and oxygen atoms in total. The fourth-order valence-electron chi connectivity index (χ4n) is 2.82. The van der Waals surface area contributed by atoms with Gasteiger partial charge >= 0.3 is 5.97 Å². The predicted molar refractivity (Wildman–Crippen MR) is 105 cm³/mol. The number of nitro groups is 1. The van der Waals surface area contributed by atoms with Gasteiger partial charge in [-0.3, -0.25) is 19.8 Å². The molecule has 1 saturated heterocycles. The molecule has 0 aromatic heterocycles. The van der Waals surface area contributed by atoms with E-state index in [1.54, 1.807) is 24.3 Å². The number of carbonyl (C=O) groups is 2. The summed E-state index contributed by atoms with van der Waals surface area (Å²) in [7, 11) is 0. The number of amides is 1. The van der Waals surface area contributed by atoms with E-state index in [1.807, 2.05) is 0 Å². The number of thioether (sulfide) groups is 1. The maximum atomic E-state index is 12.7. The SMILES string of the molecule is O=C(OCc1ccc([N+](=O)[O-])cc1)C1=C(Oc2ccc(Cl)cc2)SC2CC(=O)N12. The average Bonchev–Trinajstić information content (AvgIpc) is 3.00. The van der Waals surface area contributed by atoms with Gasteiger partial charge in [-0.2, -0.15) is 0 Å². The molecule has 1 unspecified atom stereocenters. The number of halogens is 1. The van der Waals surface area contributed by atoms with Gasteiger partial charge in [0.2, 0.25) is 5.91 Å². The molecule has 2 aromatic carbocycles. The molecule has 29 heavy (non-hydrogen) atoms. The number of fused-ring (bicyclic) bond motifs is 1. The molecular weight excluding hydrogens is 420 g/mol. The third-order valence-electron chi connectivity index (χ3n) is 4.32. The first-order valence-electron chi connectivity index (χ1n) is 8.49. The lowest BCUT2D eigenvalue weighted by Gasteiger charge is -2.33. The molecule has 0 radical (unpaired) electrons. The van der Waals surface area contributed by atoms with E-state index in [4.69, 9.17) is 21.1 Å². The lowest BCUT2D eigenvalue weighted by Crippen LogP contribution is -2.48. The third-order valence-corrected chi connectivity index (χ3v) is 5.71. The second-order valence-electron chi connectivity index (χ2n) is 6.23. The van der Waals surface area contributed by atoms with E-state index in [1.165, 1.54) is 40.9 Å².